The fourth-order valence-corrected chi connectivity index (χ4v) is 3.65. The molecular weight excluding hydrogens is 250 g/mol. The SMILES string of the molecule is O=C(C1Cc2ccccc21)N(CCO)C1CCCCC1. The van der Waals surface area contributed by atoms with Crippen LogP contribution in [0.1, 0.15) is 49.1 Å². The lowest BCUT2D eigenvalue weighted by Crippen LogP contribution is -2.47. The van der Waals surface area contributed by atoms with Gasteiger partial charge in [0.05, 0.1) is 12.5 Å². The van der Waals surface area contributed by atoms with Crippen LogP contribution in [0.2, 0.25) is 0 Å². The molecule has 3 nitrogen and oxygen atoms in total. The Morgan fingerprint density at radius 3 is 2.65 bits per heavy atom. The zero-order valence-electron chi connectivity index (χ0n) is 11.9. The second-order valence-corrected chi connectivity index (χ2v) is 6.00. The van der Waals surface area contributed by atoms with Crippen LogP contribution in [0.4, 0.5) is 0 Å². The molecule has 0 spiro atoms. The zero-order chi connectivity index (χ0) is 13.9. The molecule has 0 bridgehead atoms. The van der Waals surface area contributed by atoms with E-state index in [4.69, 9.17) is 0 Å². The molecule has 2 aliphatic rings. The van der Waals surface area contributed by atoms with E-state index in [2.05, 4.69) is 12.1 Å². The van der Waals surface area contributed by atoms with Crippen molar-refractivity contribution in [2.45, 2.75) is 50.5 Å². The van der Waals surface area contributed by atoms with Crippen molar-refractivity contribution in [3.63, 3.8) is 0 Å². The van der Waals surface area contributed by atoms with Crippen molar-refractivity contribution in [3.05, 3.63) is 35.4 Å². The summed E-state index contributed by atoms with van der Waals surface area (Å²) < 4.78 is 0. The number of carbonyl (C=O) groups is 1. The van der Waals surface area contributed by atoms with Gasteiger partial charge in [0.1, 0.15) is 0 Å². The lowest BCUT2D eigenvalue weighted by Gasteiger charge is -2.39. The molecule has 1 aromatic rings. The molecule has 1 fully saturated rings. The van der Waals surface area contributed by atoms with Crippen LogP contribution >= 0.6 is 0 Å². The average molecular weight is 273 g/mol. The fourth-order valence-electron chi connectivity index (χ4n) is 3.65. The van der Waals surface area contributed by atoms with Crippen molar-refractivity contribution in [1.29, 1.82) is 0 Å². The van der Waals surface area contributed by atoms with Crippen molar-refractivity contribution in [2.75, 3.05) is 13.2 Å². The number of benzene rings is 1. The van der Waals surface area contributed by atoms with Crippen LogP contribution in [-0.4, -0.2) is 35.1 Å². The van der Waals surface area contributed by atoms with Gasteiger partial charge in [-0.15, -0.1) is 0 Å². The molecule has 2 aliphatic carbocycles. The predicted octanol–water partition coefficient (Wildman–Crippen LogP) is 2.48. The van der Waals surface area contributed by atoms with Gasteiger partial charge in [-0.2, -0.15) is 0 Å². The van der Waals surface area contributed by atoms with Gasteiger partial charge in [-0.1, -0.05) is 43.5 Å². The number of amides is 1. The molecule has 1 atom stereocenters. The highest BCUT2D eigenvalue weighted by molar-refractivity contribution is 5.87. The number of hydrogen-bond acceptors (Lipinski definition) is 2. The van der Waals surface area contributed by atoms with E-state index in [1.165, 1.54) is 30.4 Å². The van der Waals surface area contributed by atoms with E-state index in [1.807, 2.05) is 17.0 Å². The Bertz CT molecular complexity index is 480. The number of rotatable bonds is 4. The van der Waals surface area contributed by atoms with E-state index in [-0.39, 0.29) is 18.4 Å². The summed E-state index contributed by atoms with van der Waals surface area (Å²) in [5.41, 5.74) is 2.50. The Morgan fingerprint density at radius 2 is 1.95 bits per heavy atom. The first-order valence-corrected chi connectivity index (χ1v) is 7.80. The molecular formula is C17H23NO2. The first-order chi connectivity index (χ1) is 9.81. The smallest absolute Gasteiger partial charge is 0.230 e. The van der Waals surface area contributed by atoms with Crippen molar-refractivity contribution in [2.24, 2.45) is 0 Å². The van der Waals surface area contributed by atoms with E-state index in [1.54, 1.807) is 0 Å². The predicted molar refractivity (Wildman–Crippen MR) is 78.6 cm³/mol. The molecule has 1 N–H and O–H groups in total. The first kappa shape index (κ1) is 13.6. The Balaban J connectivity index is 1.73. The van der Waals surface area contributed by atoms with Crippen molar-refractivity contribution < 1.29 is 9.90 Å². The normalized spacial score (nSPS) is 21.9. The highest BCUT2D eigenvalue weighted by Crippen LogP contribution is 2.37. The molecule has 1 amide bonds. The highest BCUT2D eigenvalue weighted by Gasteiger charge is 2.36. The zero-order valence-corrected chi connectivity index (χ0v) is 11.9. The molecule has 0 aliphatic heterocycles. The van der Waals surface area contributed by atoms with Gasteiger partial charge in [-0.25, -0.2) is 0 Å². The molecule has 0 aromatic heterocycles. The summed E-state index contributed by atoms with van der Waals surface area (Å²) in [6, 6.07) is 8.56. The van der Waals surface area contributed by atoms with Crippen molar-refractivity contribution in [3.8, 4) is 0 Å². The van der Waals surface area contributed by atoms with Crippen LogP contribution in [0.25, 0.3) is 0 Å². The number of fused-ring (bicyclic) bond motifs is 1. The monoisotopic (exact) mass is 273 g/mol. The lowest BCUT2D eigenvalue weighted by molar-refractivity contribution is -0.137. The summed E-state index contributed by atoms with van der Waals surface area (Å²) in [4.78, 5) is 14.8. The first-order valence-electron chi connectivity index (χ1n) is 7.80. The number of aliphatic hydroxyl groups is 1. The molecule has 0 radical (unpaired) electrons. The van der Waals surface area contributed by atoms with Crippen LogP contribution < -0.4 is 0 Å². The van der Waals surface area contributed by atoms with Crippen LogP contribution in [0, 0.1) is 0 Å². The average Bonchev–Trinajstić information content (AvgIpc) is 2.47. The Morgan fingerprint density at radius 1 is 1.20 bits per heavy atom. The van der Waals surface area contributed by atoms with Crippen LogP contribution in [0.3, 0.4) is 0 Å². The van der Waals surface area contributed by atoms with Gasteiger partial charge < -0.3 is 10.0 Å². The maximum atomic E-state index is 12.8. The molecule has 0 saturated heterocycles. The quantitative estimate of drug-likeness (QED) is 0.915. The molecule has 1 unspecified atom stereocenters. The van der Waals surface area contributed by atoms with Crippen LogP contribution in [-0.2, 0) is 11.2 Å². The lowest BCUT2D eigenvalue weighted by atomic mass is 9.76. The largest absolute Gasteiger partial charge is 0.395 e. The van der Waals surface area contributed by atoms with Crippen LogP contribution in [0.5, 0.6) is 0 Å². The molecule has 3 rings (SSSR count). The Kier molecular flexibility index (Phi) is 4.06. The molecule has 108 valence electrons. The van der Waals surface area contributed by atoms with Gasteiger partial charge in [0.25, 0.3) is 0 Å². The Labute approximate surface area is 120 Å². The fraction of sp³-hybridized carbons (Fsp3) is 0.588. The third-order valence-electron chi connectivity index (χ3n) is 4.79. The second kappa shape index (κ2) is 5.96. The molecule has 1 aromatic carbocycles. The summed E-state index contributed by atoms with van der Waals surface area (Å²) in [6.07, 6.45) is 6.76. The topological polar surface area (TPSA) is 40.5 Å². The minimum atomic E-state index is 0.0275. The van der Waals surface area contributed by atoms with Gasteiger partial charge >= 0.3 is 0 Å². The summed E-state index contributed by atoms with van der Waals surface area (Å²) in [5, 5.41) is 9.29. The van der Waals surface area contributed by atoms with Crippen molar-refractivity contribution in [1.82, 2.24) is 4.90 Å². The molecule has 1 saturated carbocycles. The van der Waals surface area contributed by atoms with E-state index in [9.17, 15) is 9.90 Å². The van der Waals surface area contributed by atoms with Crippen molar-refractivity contribution >= 4 is 5.91 Å². The van der Waals surface area contributed by atoms with Gasteiger partial charge in [-0.3, -0.25) is 4.79 Å². The summed E-state index contributed by atoms with van der Waals surface area (Å²) in [5.74, 6) is 0.254. The van der Waals surface area contributed by atoms with Gasteiger partial charge in [-0.05, 0) is 30.4 Å². The van der Waals surface area contributed by atoms with Gasteiger partial charge in [0.2, 0.25) is 5.91 Å². The molecule has 0 heterocycles. The highest BCUT2D eigenvalue weighted by atomic mass is 16.3. The van der Waals surface area contributed by atoms with Gasteiger partial charge in [0, 0.05) is 12.6 Å². The van der Waals surface area contributed by atoms with E-state index in [0.717, 1.165) is 19.3 Å². The number of hydrogen-bond donors (Lipinski definition) is 1. The Hall–Kier alpha value is -1.35. The number of aliphatic hydroxyl groups excluding tert-OH is 1. The number of nitrogens with zero attached hydrogens (tertiary/aromatic N) is 1. The number of carbonyl (C=O) groups excluding carboxylic acids is 1. The summed E-state index contributed by atoms with van der Waals surface area (Å²) in [6.45, 7) is 0.554. The summed E-state index contributed by atoms with van der Waals surface area (Å²) in [7, 11) is 0. The molecule has 3 heteroatoms. The summed E-state index contributed by atoms with van der Waals surface area (Å²) >= 11 is 0. The van der Waals surface area contributed by atoms with E-state index < -0.39 is 0 Å². The second-order valence-electron chi connectivity index (χ2n) is 6.00. The van der Waals surface area contributed by atoms with Gasteiger partial charge in [0.15, 0.2) is 0 Å². The third kappa shape index (κ3) is 2.47. The van der Waals surface area contributed by atoms with E-state index in [0.29, 0.717) is 12.6 Å². The van der Waals surface area contributed by atoms with Crippen LogP contribution in [0.15, 0.2) is 24.3 Å². The third-order valence-corrected chi connectivity index (χ3v) is 4.79. The standard InChI is InChI=1S/C17H23NO2/c19-11-10-18(14-7-2-1-3-8-14)17(20)16-12-13-6-4-5-9-15(13)16/h4-6,9,14,16,19H,1-3,7-8,10-12H2. The molecule has 20 heavy (non-hydrogen) atoms. The maximum Gasteiger partial charge on any atom is 0.230 e. The minimum absolute atomic E-state index is 0.0275. The van der Waals surface area contributed by atoms with E-state index >= 15 is 0 Å². The minimum Gasteiger partial charge on any atom is -0.395 e. The maximum absolute atomic E-state index is 12.8.